The minimum Gasteiger partial charge on any atom is -0.354 e. The van der Waals surface area contributed by atoms with Crippen molar-refractivity contribution in [3.63, 3.8) is 0 Å². The van der Waals surface area contributed by atoms with E-state index in [9.17, 15) is 9.59 Å². The number of nitrogens with zero attached hydrogens (tertiary/aromatic N) is 2. The average Bonchev–Trinajstić information content (AvgIpc) is 2.96. The highest BCUT2D eigenvalue weighted by Gasteiger charge is 2.41. The van der Waals surface area contributed by atoms with Crippen LogP contribution in [0.1, 0.15) is 60.8 Å². The van der Waals surface area contributed by atoms with E-state index in [1.54, 1.807) is 19.9 Å². The summed E-state index contributed by atoms with van der Waals surface area (Å²) in [4.78, 5) is 30.0. The molecule has 0 unspecified atom stereocenters. The second-order valence-electron chi connectivity index (χ2n) is 6.72. The van der Waals surface area contributed by atoms with Crippen LogP contribution in [0.15, 0.2) is 10.6 Å². The van der Waals surface area contributed by atoms with Gasteiger partial charge in [0.15, 0.2) is 0 Å². The fourth-order valence-electron chi connectivity index (χ4n) is 3.58. The monoisotopic (exact) mass is 344 g/mol. The number of rotatable bonds is 4. The molecular formula is C18H24N4O3. The molecule has 7 heteroatoms. The number of likely N-dealkylation sites (N-methyl/N-ethyl adjacent to an activating group) is 1. The number of pyridine rings is 1. The Labute approximate surface area is 146 Å². The van der Waals surface area contributed by atoms with E-state index in [4.69, 9.17) is 4.52 Å². The van der Waals surface area contributed by atoms with Gasteiger partial charge in [-0.1, -0.05) is 24.4 Å². The van der Waals surface area contributed by atoms with Gasteiger partial charge in [-0.15, -0.1) is 0 Å². The van der Waals surface area contributed by atoms with E-state index < -0.39 is 5.54 Å². The zero-order valence-corrected chi connectivity index (χ0v) is 14.9. The lowest BCUT2D eigenvalue weighted by Gasteiger charge is -2.36. The zero-order valence-electron chi connectivity index (χ0n) is 14.9. The Morgan fingerprint density at radius 3 is 2.64 bits per heavy atom. The maximum atomic E-state index is 13.1. The molecule has 3 rings (SSSR count). The summed E-state index contributed by atoms with van der Waals surface area (Å²) in [7, 11) is 0. The van der Waals surface area contributed by atoms with Crippen LogP contribution in [-0.4, -0.2) is 34.0 Å². The largest absolute Gasteiger partial charge is 0.354 e. The molecule has 2 amide bonds. The lowest BCUT2D eigenvalue weighted by Crippen LogP contribution is -2.59. The zero-order chi connectivity index (χ0) is 18.0. The average molecular weight is 344 g/mol. The van der Waals surface area contributed by atoms with Gasteiger partial charge in [-0.25, -0.2) is 4.98 Å². The van der Waals surface area contributed by atoms with Crippen molar-refractivity contribution in [2.75, 3.05) is 6.54 Å². The van der Waals surface area contributed by atoms with Crippen LogP contribution in [-0.2, 0) is 4.79 Å². The van der Waals surface area contributed by atoms with Gasteiger partial charge in [0, 0.05) is 12.2 Å². The molecule has 0 spiro atoms. The van der Waals surface area contributed by atoms with E-state index in [2.05, 4.69) is 20.8 Å². The van der Waals surface area contributed by atoms with Crippen molar-refractivity contribution in [2.45, 2.75) is 58.4 Å². The Kier molecular flexibility index (Phi) is 4.74. The fraction of sp³-hybridized carbons (Fsp3) is 0.556. The van der Waals surface area contributed by atoms with E-state index in [1.165, 1.54) is 0 Å². The molecule has 2 heterocycles. The molecule has 7 nitrogen and oxygen atoms in total. The molecule has 0 aliphatic heterocycles. The van der Waals surface area contributed by atoms with Crippen molar-refractivity contribution in [2.24, 2.45) is 0 Å². The molecule has 25 heavy (non-hydrogen) atoms. The van der Waals surface area contributed by atoms with Gasteiger partial charge in [-0.05, 0) is 39.7 Å². The molecule has 2 aromatic heterocycles. The summed E-state index contributed by atoms with van der Waals surface area (Å²) in [6.07, 6.45) is 4.24. The van der Waals surface area contributed by atoms with Gasteiger partial charge >= 0.3 is 0 Å². The van der Waals surface area contributed by atoms with Crippen LogP contribution in [0.25, 0.3) is 11.1 Å². The highest BCUT2D eigenvalue weighted by Crippen LogP contribution is 2.30. The van der Waals surface area contributed by atoms with Gasteiger partial charge in [0.2, 0.25) is 5.91 Å². The van der Waals surface area contributed by atoms with Crippen LogP contribution < -0.4 is 10.6 Å². The van der Waals surface area contributed by atoms with Gasteiger partial charge in [0.05, 0.1) is 16.6 Å². The predicted octanol–water partition coefficient (Wildman–Crippen LogP) is 2.41. The number of nitrogens with one attached hydrogen (secondary N) is 2. The molecule has 2 N–H and O–H groups in total. The fourth-order valence-corrected chi connectivity index (χ4v) is 3.58. The normalized spacial score (nSPS) is 16.6. The first kappa shape index (κ1) is 17.4. The molecule has 0 bridgehead atoms. The first-order chi connectivity index (χ1) is 12.0. The number of carbonyl (C=O) groups is 2. The number of aromatic nitrogens is 2. The summed E-state index contributed by atoms with van der Waals surface area (Å²) in [5, 5.41) is 10.4. The molecule has 1 aliphatic rings. The molecule has 0 radical (unpaired) electrons. The van der Waals surface area contributed by atoms with Crippen LogP contribution in [0, 0.1) is 13.8 Å². The van der Waals surface area contributed by atoms with Crippen LogP contribution >= 0.6 is 0 Å². The molecule has 0 saturated heterocycles. The van der Waals surface area contributed by atoms with E-state index in [0.29, 0.717) is 47.4 Å². The third kappa shape index (κ3) is 3.23. The maximum Gasteiger partial charge on any atom is 0.258 e. The van der Waals surface area contributed by atoms with Gasteiger partial charge in [-0.3, -0.25) is 9.59 Å². The summed E-state index contributed by atoms with van der Waals surface area (Å²) < 4.78 is 5.20. The van der Waals surface area contributed by atoms with Crippen molar-refractivity contribution in [1.82, 2.24) is 20.8 Å². The van der Waals surface area contributed by atoms with Crippen molar-refractivity contribution in [3.05, 3.63) is 23.0 Å². The molecule has 1 aliphatic carbocycles. The summed E-state index contributed by atoms with van der Waals surface area (Å²) in [6, 6.07) is 1.72. The molecular weight excluding hydrogens is 320 g/mol. The minimum absolute atomic E-state index is 0.105. The SMILES string of the molecule is CCNC(=O)C1(NC(=O)c2cc(C)nc3onc(C)c23)CCCCC1. The lowest BCUT2D eigenvalue weighted by atomic mass is 9.80. The smallest absolute Gasteiger partial charge is 0.258 e. The molecule has 0 aromatic carbocycles. The maximum absolute atomic E-state index is 13.1. The summed E-state index contributed by atoms with van der Waals surface area (Å²) in [5.74, 6) is -0.387. The molecule has 2 aromatic rings. The number of aryl methyl sites for hydroxylation is 2. The first-order valence-corrected chi connectivity index (χ1v) is 8.81. The second-order valence-corrected chi connectivity index (χ2v) is 6.72. The summed E-state index contributed by atoms with van der Waals surface area (Å²) in [6.45, 7) is 6.00. The van der Waals surface area contributed by atoms with Crippen molar-refractivity contribution < 1.29 is 14.1 Å². The van der Waals surface area contributed by atoms with Crippen molar-refractivity contribution in [1.29, 1.82) is 0 Å². The van der Waals surface area contributed by atoms with Gasteiger partial charge < -0.3 is 15.2 Å². The van der Waals surface area contributed by atoms with Crippen LogP contribution in [0.5, 0.6) is 0 Å². The Bertz CT molecular complexity index is 806. The first-order valence-electron chi connectivity index (χ1n) is 8.81. The van der Waals surface area contributed by atoms with Crippen LogP contribution in [0.3, 0.4) is 0 Å². The van der Waals surface area contributed by atoms with Crippen LogP contribution in [0.4, 0.5) is 0 Å². The van der Waals surface area contributed by atoms with Crippen LogP contribution in [0.2, 0.25) is 0 Å². The minimum atomic E-state index is -0.847. The quantitative estimate of drug-likeness (QED) is 0.888. The van der Waals surface area contributed by atoms with E-state index >= 15 is 0 Å². The third-order valence-corrected chi connectivity index (χ3v) is 4.82. The Morgan fingerprint density at radius 1 is 1.24 bits per heavy atom. The van der Waals surface area contributed by atoms with Crippen molar-refractivity contribution >= 4 is 22.9 Å². The predicted molar refractivity (Wildman–Crippen MR) is 93.2 cm³/mol. The Balaban J connectivity index is 1.97. The molecule has 1 fully saturated rings. The summed E-state index contributed by atoms with van der Waals surface area (Å²) in [5.41, 5.74) is 1.24. The Hall–Kier alpha value is -2.44. The number of hydrogen-bond donors (Lipinski definition) is 2. The second kappa shape index (κ2) is 6.82. The lowest BCUT2D eigenvalue weighted by molar-refractivity contribution is -0.128. The number of amides is 2. The van der Waals surface area contributed by atoms with E-state index in [1.807, 2.05) is 6.92 Å². The molecule has 134 valence electrons. The number of hydrogen-bond acceptors (Lipinski definition) is 5. The third-order valence-electron chi connectivity index (χ3n) is 4.82. The van der Waals surface area contributed by atoms with Crippen molar-refractivity contribution in [3.8, 4) is 0 Å². The molecule has 0 atom stereocenters. The Morgan fingerprint density at radius 2 is 1.96 bits per heavy atom. The highest BCUT2D eigenvalue weighted by atomic mass is 16.5. The standard InChI is InChI=1S/C18H24N4O3/c1-4-19-17(24)18(8-6-5-7-9-18)21-15(23)13-10-11(2)20-16-14(13)12(3)22-25-16/h10H,4-9H2,1-3H3,(H,19,24)(H,21,23). The van der Waals surface area contributed by atoms with E-state index in [-0.39, 0.29) is 11.8 Å². The highest BCUT2D eigenvalue weighted by molar-refractivity contribution is 6.08. The van der Waals surface area contributed by atoms with E-state index in [0.717, 1.165) is 19.3 Å². The topological polar surface area (TPSA) is 97.1 Å². The number of carbonyl (C=O) groups excluding carboxylic acids is 2. The van der Waals surface area contributed by atoms with Gasteiger partial charge in [0.1, 0.15) is 5.54 Å². The summed E-state index contributed by atoms with van der Waals surface area (Å²) >= 11 is 0. The van der Waals surface area contributed by atoms with Gasteiger partial charge in [-0.2, -0.15) is 0 Å². The van der Waals surface area contributed by atoms with Gasteiger partial charge in [0.25, 0.3) is 11.6 Å². The number of fused-ring (bicyclic) bond motifs is 1. The molecule has 1 saturated carbocycles.